The molecule has 0 aromatic heterocycles. The van der Waals surface area contributed by atoms with Crippen LogP contribution in [-0.4, -0.2) is 18.8 Å². The molecule has 0 radical (unpaired) electrons. The van der Waals surface area contributed by atoms with Gasteiger partial charge in [0.2, 0.25) is 0 Å². The van der Waals surface area contributed by atoms with Crippen molar-refractivity contribution >= 4 is 19.0 Å². The molecule has 0 saturated heterocycles. The van der Waals surface area contributed by atoms with E-state index in [1.807, 2.05) is 6.07 Å². The maximum Gasteiger partial charge on any atom is -0.870 e. The van der Waals surface area contributed by atoms with Crippen LogP contribution < -0.4 is 11.2 Å². The summed E-state index contributed by atoms with van der Waals surface area (Å²) in [5.41, 5.74) is 6.91. The molecule has 0 fully saturated rings. The summed E-state index contributed by atoms with van der Waals surface area (Å²) in [6, 6.07) is 6.76. The van der Waals surface area contributed by atoms with Crippen LogP contribution in [0.3, 0.4) is 0 Å². The normalized spacial score (nSPS) is 7.42. The molecule has 1 aromatic rings. The van der Waals surface area contributed by atoms with Crippen molar-refractivity contribution in [2.75, 3.05) is 5.73 Å². The Morgan fingerprint density at radius 3 is 2.33 bits per heavy atom. The minimum atomic E-state index is 0. The van der Waals surface area contributed by atoms with Crippen molar-refractivity contribution in [2.45, 2.75) is 0 Å². The molecule has 0 unspecified atom stereocenters. The van der Waals surface area contributed by atoms with E-state index in [4.69, 9.17) is 18.8 Å². The molecular weight excluding hydrogens is 155 g/mol. The van der Waals surface area contributed by atoms with Crippen LogP contribution in [0, 0.1) is 11.3 Å². The van der Waals surface area contributed by atoms with Crippen LogP contribution in [0.15, 0.2) is 18.2 Å². The Balaban J connectivity index is 0. The topological polar surface area (TPSA) is 110 Å². The van der Waals surface area contributed by atoms with Crippen molar-refractivity contribution in [2.24, 2.45) is 0 Å². The number of anilines is 1. The van der Waals surface area contributed by atoms with Crippen LogP contribution in [0.2, 0.25) is 0 Å². The zero-order valence-corrected chi connectivity index (χ0v) is 6.23. The number of rotatable bonds is 0. The van der Waals surface area contributed by atoms with Crippen LogP contribution in [0.4, 0.5) is 5.69 Å². The van der Waals surface area contributed by atoms with Gasteiger partial charge in [0.25, 0.3) is 0 Å². The molecule has 1 aromatic carbocycles. The van der Waals surface area contributed by atoms with Crippen LogP contribution in [-0.2, 0) is 0 Å². The minimum absolute atomic E-state index is 0. The summed E-state index contributed by atoms with van der Waals surface area (Å²) in [7, 11) is 5.42. The summed E-state index contributed by atoms with van der Waals surface area (Å²) in [6.45, 7) is 0. The Morgan fingerprint density at radius 2 is 1.92 bits per heavy atom. The van der Waals surface area contributed by atoms with E-state index >= 15 is 0 Å². The first-order chi connectivity index (χ1) is 4.74. The number of nitrogens with zero attached hydrogens (tertiary/aromatic N) is 1. The Bertz CT molecular complexity index is 296. The van der Waals surface area contributed by atoms with E-state index in [-0.39, 0.29) is 11.0 Å². The predicted molar refractivity (Wildman–Crippen MR) is 44.8 cm³/mol. The third-order valence-corrected chi connectivity index (χ3v) is 1.22. The molecule has 0 amide bonds. The molecule has 4 nitrogen and oxygen atoms in total. The number of hydrogen-bond donors (Lipinski definition) is 1. The number of benzene rings is 1. The zero-order chi connectivity index (χ0) is 7.56. The van der Waals surface area contributed by atoms with Gasteiger partial charge in [-0.1, -0.05) is 0 Å². The molecule has 0 bridgehead atoms. The molecular formula is C7H7BN2O2. The molecule has 0 aliphatic rings. The zero-order valence-electron chi connectivity index (χ0n) is 6.23. The maximum atomic E-state index is 8.41. The number of hydrogen-bond acceptors (Lipinski definition) is 4. The molecule has 12 heavy (non-hydrogen) atoms. The maximum absolute atomic E-state index is 8.41. The molecule has 0 heterocycles. The smallest absolute Gasteiger partial charge is 0.870 e. The molecule has 0 aliphatic heterocycles. The van der Waals surface area contributed by atoms with Crippen molar-refractivity contribution < 1.29 is 11.0 Å². The summed E-state index contributed by atoms with van der Waals surface area (Å²) in [5.74, 6) is 0. The van der Waals surface area contributed by atoms with Crippen LogP contribution >= 0.6 is 0 Å². The van der Waals surface area contributed by atoms with Gasteiger partial charge in [0, 0.05) is 0 Å². The van der Waals surface area contributed by atoms with Crippen molar-refractivity contribution in [3.63, 3.8) is 0 Å². The molecule has 5 heteroatoms. The van der Waals surface area contributed by atoms with Gasteiger partial charge in [-0.3, -0.25) is 0 Å². The average molecular weight is 162 g/mol. The summed E-state index contributed by atoms with van der Waals surface area (Å²) in [6.07, 6.45) is 0. The van der Waals surface area contributed by atoms with Gasteiger partial charge in [0.15, 0.2) is 0 Å². The average Bonchev–Trinajstić information content (AvgIpc) is 1.95. The van der Waals surface area contributed by atoms with Gasteiger partial charge in [-0.05, 0) is 0 Å². The van der Waals surface area contributed by atoms with Crippen LogP contribution in [0.25, 0.3) is 0 Å². The second kappa shape index (κ2) is 5.19. The third kappa shape index (κ3) is 2.62. The number of nitrogen functional groups attached to an aromatic ring is 1. The largest absolute Gasteiger partial charge is 0.870 e. The van der Waals surface area contributed by atoms with Crippen LogP contribution in [0.1, 0.15) is 5.56 Å². The molecule has 0 spiro atoms. The third-order valence-electron chi connectivity index (χ3n) is 1.22. The summed E-state index contributed by atoms with van der Waals surface area (Å²) >= 11 is 0. The summed E-state index contributed by atoms with van der Waals surface area (Å²) in [5, 5.41) is 8.41. The SMILES string of the molecule is [B+2]c1cc(C#N)ccc1N.[OH-].[OH-]. The molecule has 1 rings (SSSR count). The van der Waals surface area contributed by atoms with E-state index in [0.29, 0.717) is 16.7 Å². The monoisotopic (exact) mass is 162 g/mol. The van der Waals surface area contributed by atoms with Crippen molar-refractivity contribution in [3.05, 3.63) is 23.8 Å². The summed E-state index contributed by atoms with van der Waals surface area (Å²) < 4.78 is 0. The van der Waals surface area contributed by atoms with Gasteiger partial charge in [0.05, 0.1) is 0 Å². The Morgan fingerprint density at radius 1 is 1.33 bits per heavy atom. The van der Waals surface area contributed by atoms with E-state index in [9.17, 15) is 0 Å². The Hall–Kier alpha value is -1.51. The summed E-state index contributed by atoms with van der Waals surface area (Å²) in [4.78, 5) is 0. The number of nitriles is 1. The molecule has 0 aliphatic carbocycles. The van der Waals surface area contributed by atoms with E-state index in [1.165, 1.54) is 0 Å². The molecule has 4 N–H and O–H groups in total. The number of nitrogens with two attached hydrogens (primary N) is 1. The van der Waals surface area contributed by atoms with E-state index in [1.54, 1.807) is 18.2 Å². The van der Waals surface area contributed by atoms with E-state index < -0.39 is 0 Å². The predicted octanol–water partition coefficient (Wildman–Crippen LogP) is -0.419. The quantitative estimate of drug-likeness (QED) is 0.412. The van der Waals surface area contributed by atoms with Crippen molar-refractivity contribution in [1.82, 2.24) is 0 Å². The fraction of sp³-hybridized carbons (Fsp3) is 0. The Kier molecular flexibility index (Phi) is 5.67. The van der Waals surface area contributed by atoms with Gasteiger partial charge in [-0.15, -0.1) is 0 Å². The first kappa shape index (κ1) is 13.1. The molecule has 0 saturated carbocycles. The molecule has 0 atom stereocenters. The minimum Gasteiger partial charge on any atom is -0.870 e. The van der Waals surface area contributed by atoms with Gasteiger partial charge in [0.1, 0.15) is 0 Å². The fourth-order valence-corrected chi connectivity index (χ4v) is 0.644. The Labute approximate surface area is 71.6 Å². The van der Waals surface area contributed by atoms with Crippen LogP contribution in [0.5, 0.6) is 0 Å². The second-order valence-electron chi connectivity index (χ2n) is 1.96. The van der Waals surface area contributed by atoms with Gasteiger partial charge in [-0.2, -0.15) is 0 Å². The standard InChI is InChI=1S/C7H5BN2.2H2O/c8-6-3-5(4-9)1-2-7(6)10;;/h1-3H,10H2;2*1H2/q+2;;/p-2. The van der Waals surface area contributed by atoms with Crippen molar-refractivity contribution in [3.8, 4) is 6.07 Å². The molecule has 60 valence electrons. The first-order valence-corrected chi connectivity index (χ1v) is 2.79. The van der Waals surface area contributed by atoms with Crippen molar-refractivity contribution in [1.29, 1.82) is 5.26 Å². The van der Waals surface area contributed by atoms with Gasteiger partial charge >= 0.3 is 59.8 Å². The van der Waals surface area contributed by atoms with Gasteiger partial charge in [-0.25, -0.2) is 0 Å². The first-order valence-electron chi connectivity index (χ1n) is 2.79. The van der Waals surface area contributed by atoms with E-state index in [0.717, 1.165) is 0 Å². The fourth-order valence-electron chi connectivity index (χ4n) is 0.644. The van der Waals surface area contributed by atoms with Gasteiger partial charge < -0.3 is 11.0 Å². The van der Waals surface area contributed by atoms with E-state index in [2.05, 4.69) is 0 Å². The second-order valence-corrected chi connectivity index (χ2v) is 1.96.